The summed E-state index contributed by atoms with van der Waals surface area (Å²) in [6.45, 7) is 7.86. The van der Waals surface area contributed by atoms with Crippen LogP contribution < -0.4 is 5.43 Å². The fraction of sp³-hybridized carbons (Fsp3) is 0.200. The van der Waals surface area contributed by atoms with Gasteiger partial charge in [-0.3, -0.25) is 4.79 Å². The first-order chi connectivity index (χ1) is 12.3. The summed E-state index contributed by atoms with van der Waals surface area (Å²) in [5.74, 6) is -3.23. The van der Waals surface area contributed by atoms with Crippen molar-refractivity contribution in [2.75, 3.05) is 0 Å². The van der Waals surface area contributed by atoms with Crippen molar-refractivity contribution in [3.63, 3.8) is 0 Å². The maximum absolute atomic E-state index is 13.6. The number of aromatic nitrogens is 1. The third-order valence-electron chi connectivity index (χ3n) is 4.05. The van der Waals surface area contributed by atoms with E-state index in [-0.39, 0.29) is 5.56 Å². The first-order valence-electron chi connectivity index (χ1n) is 8.07. The number of allylic oxidation sites excluding steroid dienone is 3. The topological polar surface area (TPSA) is 59.3 Å². The number of hydrogen-bond acceptors (Lipinski definition) is 2. The van der Waals surface area contributed by atoms with Crippen molar-refractivity contribution < 1.29 is 18.7 Å². The number of carbonyl (C=O) groups is 1. The Kier molecular flexibility index (Phi) is 5.87. The van der Waals surface area contributed by atoms with E-state index in [2.05, 4.69) is 6.58 Å². The van der Waals surface area contributed by atoms with E-state index in [1.54, 1.807) is 11.5 Å². The van der Waals surface area contributed by atoms with Gasteiger partial charge in [0.2, 0.25) is 0 Å². The Balaban J connectivity index is 2.73. The quantitative estimate of drug-likeness (QED) is 0.780. The molecule has 0 saturated heterocycles. The first-order valence-corrected chi connectivity index (χ1v) is 8.07. The number of halogens is 2. The molecule has 1 heterocycles. The molecule has 0 aliphatic heterocycles. The van der Waals surface area contributed by atoms with Gasteiger partial charge in [0.05, 0.1) is 0 Å². The minimum Gasteiger partial charge on any atom is -0.477 e. The zero-order valence-electron chi connectivity index (χ0n) is 14.6. The maximum Gasteiger partial charge on any atom is 0.341 e. The zero-order chi connectivity index (χ0) is 19.4. The highest BCUT2D eigenvalue weighted by Gasteiger charge is 2.15. The van der Waals surface area contributed by atoms with Crippen molar-refractivity contribution >= 4 is 17.1 Å². The standard InChI is InChI=1S/C20H19F2NO3/c1-4-8-23-11-15(20(25)26)19(24)10-18(23)12(3)14(5-2)13-6-7-16(21)17(22)9-13/h5-7,9-11H,2,4,8H2,1,3H3,(H,25,26)/b14-12-. The van der Waals surface area contributed by atoms with Gasteiger partial charge in [-0.2, -0.15) is 0 Å². The molecule has 2 rings (SSSR count). The average Bonchev–Trinajstić information content (AvgIpc) is 2.59. The smallest absolute Gasteiger partial charge is 0.341 e. The van der Waals surface area contributed by atoms with Gasteiger partial charge in [-0.15, -0.1) is 0 Å². The lowest BCUT2D eigenvalue weighted by Gasteiger charge is -2.17. The van der Waals surface area contributed by atoms with Gasteiger partial charge in [-0.05, 0) is 42.2 Å². The van der Waals surface area contributed by atoms with E-state index in [0.29, 0.717) is 28.9 Å². The molecule has 2 aromatic rings. The summed E-state index contributed by atoms with van der Waals surface area (Å²) in [6.07, 6.45) is 3.52. The number of carboxylic acids is 1. The van der Waals surface area contributed by atoms with Crippen molar-refractivity contribution in [2.24, 2.45) is 0 Å². The monoisotopic (exact) mass is 359 g/mol. The van der Waals surface area contributed by atoms with E-state index in [4.69, 9.17) is 5.11 Å². The van der Waals surface area contributed by atoms with E-state index in [1.807, 2.05) is 6.92 Å². The molecular formula is C20H19F2NO3. The van der Waals surface area contributed by atoms with Crippen LogP contribution >= 0.6 is 0 Å². The van der Waals surface area contributed by atoms with Crippen molar-refractivity contribution in [2.45, 2.75) is 26.8 Å². The van der Waals surface area contributed by atoms with Crippen molar-refractivity contribution in [3.8, 4) is 0 Å². The van der Waals surface area contributed by atoms with Crippen LogP contribution in [-0.4, -0.2) is 15.6 Å². The second-order valence-electron chi connectivity index (χ2n) is 5.81. The highest BCUT2D eigenvalue weighted by Crippen LogP contribution is 2.28. The van der Waals surface area contributed by atoms with Gasteiger partial charge < -0.3 is 9.67 Å². The molecular weight excluding hydrogens is 340 g/mol. The van der Waals surface area contributed by atoms with E-state index >= 15 is 0 Å². The minimum absolute atomic E-state index is 0.317. The molecule has 136 valence electrons. The van der Waals surface area contributed by atoms with Gasteiger partial charge in [0, 0.05) is 24.5 Å². The average molecular weight is 359 g/mol. The molecule has 0 spiro atoms. The normalized spacial score (nSPS) is 11.8. The molecule has 0 atom stereocenters. The number of hydrogen-bond donors (Lipinski definition) is 1. The van der Waals surface area contributed by atoms with Crippen molar-refractivity contribution in [3.05, 3.63) is 81.8 Å². The van der Waals surface area contributed by atoms with Crippen LogP contribution in [0.2, 0.25) is 0 Å². The SMILES string of the molecule is C=C/C(=C(\C)c1cc(=O)c(C(=O)O)cn1CCC)c1ccc(F)c(F)c1. The van der Waals surface area contributed by atoms with Crippen LogP contribution in [0.25, 0.3) is 11.1 Å². The number of aryl methyl sites for hydroxylation is 1. The Labute approximate surface area is 149 Å². The van der Waals surface area contributed by atoms with Crippen LogP contribution in [0.15, 0.2) is 47.9 Å². The second-order valence-corrected chi connectivity index (χ2v) is 5.81. The van der Waals surface area contributed by atoms with Crippen LogP contribution in [0.4, 0.5) is 8.78 Å². The number of pyridine rings is 1. The Morgan fingerprint density at radius 2 is 1.96 bits per heavy atom. The largest absolute Gasteiger partial charge is 0.477 e. The molecule has 0 amide bonds. The number of carboxylic acid groups (broad SMARTS) is 1. The summed E-state index contributed by atoms with van der Waals surface area (Å²) in [6, 6.07) is 4.75. The van der Waals surface area contributed by atoms with Crippen molar-refractivity contribution in [1.29, 1.82) is 0 Å². The fourth-order valence-corrected chi connectivity index (χ4v) is 2.77. The Morgan fingerprint density at radius 3 is 2.50 bits per heavy atom. The van der Waals surface area contributed by atoms with E-state index < -0.39 is 23.0 Å². The van der Waals surface area contributed by atoms with Crippen molar-refractivity contribution in [1.82, 2.24) is 4.57 Å². The molecule has 0 bridgehead atoms. The molecule has 6 heteroatoms. The lowest BCUT2D eigenvalue weighted by Crippen LogP contribution is -2.20. The Morgan fingerprint density at radius 1 is 1.27 bits per heavy atom. The molecule has 0 unspecified atom stereocenters. The maximum atomic E-state index is 13.6. The number of aromatic carboxylic acids is 1. The molecule has 0 radical (unpaired) electrons. The minimum atomic E-state index is -1.29. The van der Waals surface area contributed by atoms with Crippen LogP contribution in [-0.2, 0) is 6.54 Å². The molecule has 26 heavy (non-hydrogen) atoms. The highest BCUT2D eigenvalue weighted by atomic mass is 19.2. The molecule has 0 fully saturated rings. The van der Waals surface area contributed by atoms with E-state index in [0.717, 1.165) is 18.6 Å². The van der Waals surface area contributed by atoms with Crippen LogP contribution in [0.3, 0.4) is 0 Å². The molecule has 0 aliphatic carbocycles. The lowest BCUT2D eigenvalue weighted by molar-refractivity contribution is 0.0694. The number of rotatable bonds is 6. The zero-order valence-corrected chi connectivity index (χ0v) is 14.6. The summed E-state index contributed by atoms with van der Waals surface area (Å²) in [7, 11) is 0. The van der Waals surface area contributed by atoms with Gasteiger partial charge in [-0.25, -0.2) is 13.6 Å². The number of benzene rings is 1. The Bertz CT molecular complexity index is 958. The van der Waals surface area contributed by atoms with E-state index in [1.165, 1.54) is 24.4 Å². The third-order valence-corrected chi connectivity index (χ3v) is 4.05. The van der Waals surface area contributed by atoms with Gasteiger partial charge >= 0.3 is 5.97 Å². The first kappa shape index (κ1) is 19.3. The number of nitrogens with zero attached hydrogens (tertiary/aromatic N) is 1. The summed E-state index contributed by atoms with van der Waals surface area (Å²) >= 11 is 0. The predicted molar refractivity (Wildman–Crippen MR) is 97.0 cm³/mol. The van der Waals surface area contributed by atoms with Gasteiger partial charge in [0.1, 0.15) is 5.56 Å². The highest BCUT2D eigenvalue weighted by molar-refractivity contribution is 5.94. The molecule has 0 saturated carbocycles. The second kappa shape index (κ2) is 7.91. The molecule has 1 aromatic carbocycles. The molecule has 0 aliphatic rings. The van der Waals surface area contributed by atoms with E-state index in [9.17, 15) is 18.4 Å². The molecule has 1 aromatic heterocycles. The summed E-state index contributed by atoms with van der Waals surface area (Å²) < 4.78 is 28.5. The van der Waals surface area contributed by atoms with Gasteiger partial charge in [0.15, 0.2) is 17.1 Å². The fourth-order valence-electron chi connectivity index (χ4n) is 2.77. The molecule has 1 N–H and O–H groups in total. The van der Waals surface area contributed by atoms with Gasteiger partial charge in [-0.1, -0.05) is 25.6 Å². The molecule has 4 nitrogen and oxygen atoms in total. The Hall–Kier alpha value is -3.02. The third kappa shape index (κ3) is 3.79. The summed E-state index contributed by atoms with van der Waals surface area (Å²) in [5, 5.41) is 9.16. The predicted octanol–water partition coefficient (Wildman–Crippen LogP) is 4.35. The lowest BCUT2D eigenvalue weighted by atomic mass is 9.97. The summed E-state index contributed by atoms with van der Waals surface area (Å²) in [5.41, 5.74) is 1.11. The van der Waals surface area contributed by atoms with Crippen LogP contribution in [0, 0.1) is 11.6 Å². The summed E-state index contributed by atoms with van der Waals surface area (Å²) in [4.78, 5) is 23.4. The van der Waals surface area contributed by atoms with Gasteiger partial charge in [0.25, 0.3) is 0 Å². The van der Waals surface area contributed by atoms with Crippen LogP contribution in [0.5, 0.6) is 0 Å². The van der Waals surface area contributed by atoms with Crippen LogP contribution in [0.1, 0.15) is 41.9 Å².